The van der Waals surface area contributed by atoms with E-state index in [4.69, 9.17) is 0 Å². The smallest absolute Gasteiger partial charge is 0.406 e. The standard InChI is InChI=1S/C18H18F3NO3/c1-16(24)10-17(11-16,15(23)14-7-2-3-8-22-14)12-5-4-6-13(9-12)25-18(19,20)21/h2-9,15,23-24H,10-11H2,1H3/t15-,16-,17+/m1/s1. The molecule has 1 aromatic heterocycles. The zero-order valence-electron chi connectivity index (χ0n) is 13.5. The molecule has 1 aliphatic rings. The van der Waals surface area contributed by atoms with Crippen LogP contribution < -0.4 is 4.74 Å². The van der Waals surface area contributed by atoms with E-state index >= 15 is 0 Å². The highest BCUT2D eigenvalue weighted by molar-refractivity contribution is 5.40. The van der Waals surface area contributed by atoms with Gasteiger partial charge in [-0.15, -0.1) is 13.2 Å². The number of nitrogens with zero attached hydrogens (tertiary/aromatic N) is 1. The van der Waals surface area contributed by atoms with Gasteiger partial charge in [0.05, 0.1) is 11.3 Å². The minimum absolute atomic E-state index is 0.202. The highest BCUT2D eigenvalue weighted by Crippen LogP contribution is 2.57. The van der Waals surface area contributed by atoms with Crippen molar-refractivity contribution in [3.05, 3.63) is 59.9 Å². The Morgan fingerprint density at radius 2 is 1.88 bits per heavy atom. The zero-order chi connectivity index (χ0) is 18.3. The Balaban J connectivity index is 1.98. The summed E-state index contributed by atoms with van der Waals surface area (Å²) in [6.07, 6.45) is -3.92. The number of alkyl halides is 3. The van der Waals surface area contributed by atoms with Gasteiger partial charge in [-0.3, -0.25) is 4.98 Å². The average molecular weight is 353 g/mol. The molecule has 1 aliphatic carbocycles. The van der Waals surface area contributed by atoms with Crippen LogP contribution in [0.25, 0.3) is 0 Å². The summed E-state index contributed by atoms with van der Waals surface area (Å²) < 4.78 is 41.5. The first-order valence-corrected chi connectivity index (χ1v) is 7.79. The highest BCUT2D eigenvalue weighted by atomic mass is 19.4. The molecule has 2 aromatic rings. The molecule has 0 bridgehead atoms. The van der Waals surface area contributed by atoms with Crippen molar-refractivity contribution in [3.8, 4) is 5.75 Å². The molecular weight excluding hydrogens is 335 g/mol. The van der Waals surface area contributed by atoms with Crippen LogP contribution in [-0.4, -0.2) is 27.2 Å². The summed E-state index contributed by atoms with van der Waals surface area (Å²) in [5, 5.41) is 21.1. The molecule has 0 unspecified atom stereocenters. The molecule has 2 N–H and O–H groups in total. The number of hydrogen-bond donors (Lipinski definition) is 2. The van der Waals surface area contributed by atoms with E-state index in [1.54, 1.807) is 31.2 Å². The molecule has 0 radical (unpaired) electrons. The van der Waals surface area contributed by atoms with E-state index in [1.165, 1.54) is 24.4 Å². The maximum atomic E-state index is 12.5. The van der Waals surface area contributed by atoms with Crippen molar-refractivity contribution in [2.75, 3.05) is 0 Å². The Morgan fingerprint density at radius 3 is 2.44 bits per heavy atom. The Hall–Kier alpha value is -2.12. The SMILES string of the molecule is C[C@]1(O)C[C@@](c2cccc(OC(F)(F)F)c2)([C@H](O)c2ccccn2)C1. The van der Waals surface area contributed by atoms with E-state index in [2.05, 4.69) is 9.72 Å². The van der Waals surface area contributed by atoms with E-state index in [1.807, 2.05) is 0 Å². The van der Waals surface area contributed by atoms with E-state index in [-0.39, 0.29) is 18.6 Å². The van der Waals surface area contributed by atoms with Crippen molar-refractivity contribution in [2.45, 2.75) is 43.2 Å². The number of hydrogen-bond acceptors (Lipinski definition) is 4. The van der Waals surface area contributed by atoms with Gasteiger partial charge in [-0.25, -0.2) is 0 Å². The van der Waals surface area contributed by atoms with Crippen LogP contribution in [0.15, 0.2) is 48.7 Å². The molecule has 25 heavy (non-hydrogen) atoms. The van der Waals surface area contributed by atoms with Gasteiger partial charge >= 0.3 is 6.36 Å². The van der Waals surface area contributed by atoms with Crippen LogP contribution in [0, 0.1) is 0 Å². The van der Waals surface area contributed by atoms with E-state index < -0.39 is 23.5 Å². The Kier molecular flexibility index (Phi) is 4.25. The predicted molar refractivity (Wildman–Crippen MR) is 83.9 cm³/mol. The van der Waals surface area contributed by atoms with Crippen LogP contribution in [0.5, 0.6) is 5.75 Å². The largest absolute Gasteiger partial charge is 0.573 e. The van der Waals surface area contributed by atoms with Gasteiger partial charge < -0.3 is 14.9 Å². The van der Waals surface area contributed by atoms with Gasteiger partial charge in [-0.05, 0) is 49.6 Å². The van der Waals surface area contributed by atoms with Crippen LogP contribution in [0.3, 0.4) is 0 Å². The number of aliphatic hydroxyl groups is 2. The number of benzene rings is 1. The molecule has 0 spiro atoms. The second kappa shape index (κ2) is 6.00. The molecule has 0 amide bonds. The molecular formula is C18H18F3NO3. The molecule has 1 aromatic carbocycles. The Bertz CT molecular complexity index is 739. The summed E-state index contributed by atoms with van der Waals surface area (Å²) in [6.45, 7) is 1.63. The van der Waals surface area contributed by atoms with Crippen LogP contribution in [-0.2, 0) is 5.41 Å². The molecule has 4 nitrogen and oxygen atoms in total. The summed E-state index contributed by atoms with van der Waals surface area (Å²) in [5.74, 6) is -0.357. The van der Waals surface area contributed by atoms with Crippen LogP contribution >= 0.6 is 0 Å². The zero-order valence-corrected chi connectivity index (χ0v) is 13.5. The van der Waals surface area contributed by atoms with Crippen molar-refractivity contribution in [3.63, 3.8) is 0 Å². The van der Waals surface area contributed by atoms with Crippen molar-refractivity contribution >= 4 is 0 Å². The first-order valence-electron chi connectivity index (χ1n) is 7.79. The monoisotopic (exact) mass is 353 g/mol. The molecule has 1 atom stereocenters. The fourth-order valence-electron chi connectivity index (χ4n) is 3.69. The van der Waals surface area contributed by atoms with Crippen LogP contribution in [0.4, 0.5) is 13.2 Å². The summed E-state index contributed by atoms with van der Waals surface area (Å²) in [4.78, 5) is 4.14. The third-order valence-electron chi connectivity index (χ3n) is 4.53. The second-order valence-electron chi connectivity index (χ2n) is 6.74. The topological polar surface area (TPSA) is 62.6 Å². The molecule has 1 fully saturated rings. The van der Waals surface area contributed by atoms with Gasteiger partial charge in [-0.2, -0.15) is 0 Å². The molecule has 0 saturated heterocycles. The lowest BCUT2D eigenvalue weighted by molar-refractivity contribution is -0.274. The molecule has 0 aliphatic heterocycles. The summed E-state index contributed by atoms with van der Waals surface area (Å²) in [7, 11) is 0. The minimum Gasteiger partial charge on any atom is -0.406 e. The number of halogens is 3. The third kappa shape index (κ3) is 3.62. The minimum atomic E-state index is -4.80. The van der Waals surface area contributed by atoms with Gasteiger partial charge in [0, 0.05) is 11.6 Å². The predicted octanol–water partition coefficient (Wildman–Crippen LogP) is 3.50. The fourth-order valence-corrected chi connectivity index (χ4v) is 3.69. The average Bonchev–Trinajstić information content (AvgIpc) is 2.51. The Labute approximate surface area is 142 Å². The maximum absolute atomic E-state index is 12.5. The number of rotatable bonds is 4. The Morgan fingerprint density at radius 1 is 1.16 bits per heavy atom. The normalized spacial score (nSPS) is 27.4. The van der Waals surface area contributed by atoms with Gasteiger partial charge in [0.1, 0.15) is 11.9 Å². The number of ether oxygens (including phenoxy) is 1. The highest BCUT2D eigenvalue weighted by Gasteiger charge is 2.57. The van der Waals surface area contributed by atoms with E-state index in [0.29, 0.717) is 11.3 Å². The first-order chi connectivity index (χ1) is 11.6. The quantitative estimate of drug-likeness (QED) is 0.883. The fraction of sp³-hybridized carbons (Fsp3) is 0.389. The van der Waals surface area contributed by atoms with E-state index in [9.17, 15) is 23.4 Å². The van der Waals surface area contributed by atoms with E-state index in [0.717, 1.165) is 0 Å². The molecule has 3 rings (SSSR count). The lowest BCUT2D eigenvalue weighted by Gasteiger charge is -2.54. The van der Waals surface area contributed by atoms with Gasteiger partial charge in [0.25, 0.3) is 0 Å². The van der Waals surface area contributed by atoms with Gasteiger partial charge in [-0.1, -0.05) is 18.2 Å². The summed E-state index contributed by atoms with van der Waals surface area (Å²) in [5.41, 5.74) is -1.06. The van der Waals surface area contributed by atoms with Crippen LogP contribution in [0.2, 0.25) is 0 Å². The summed E-state index contributed by atoms with van der Waals surface area (Å²) >= 11 is 0. The first kappa shape index (κ1) is 17.7. The van der Waals surface area contributed by atoms with Gasteiger partial charge in [0.15, 0.2) is 0 Å². The molecule has 134 valence electrons. The van der Waals surface area contributed by atoms with Crippen molar-refractivity contribution < 1.29 is 28.1 Å². The van der Waals surface area contributed by atoms with Crippen molar-refractivity contribution in [1.29, 1.82) is 0 Å². The molecule has 1 saturated carbocycles. The maximum Gasteiger partial charge on any atom is 0.573 e. The summed E-state index contributed by atoms with van der Waals surface area (Å²) in [6, 6.07) is 10.6. The van der Waals surface area contributed by atoms with Crippen LogP contribution in [0.1, 0.15) is 37.1 Å². The second-order valence-corrected chi connectivity index (χ2v) is 6.74. The third-order valence-corrected chi connectivity index (χ3v) is 4.53. The van der Waals surface area contributed by atoms with Crippen molar-refractivity contribution in [1.82, 2.24) is 4.98 Å². The lowest BCUT2D eigenvalue weighted by Crippen LogP contribution is -2.56. The lowest BCUT2D eigenvalue weighted by atomic mass is 9.53. The number of aromatic nitrogens is 1. The number of aliphatic hydroxyl groups excluding tert-OH is 1. The molecule has 1 heterocycles. The van der Waals surface area contributed by atoms with Crippen molar-refractivity contribution in [2.24, 2.45) is 0 Å². The number of pyridine rings is 1. The van der Waals surface area contributed by atoms with Gasteiger partial charge in [0.2, 0.25) is 0 Å². The molecule has 7 heteroatoms.